The van der Waals surface area contributed by atoms with Crippen LogP contribution in [-0.2, 0) is 6.42 Å². The summed E-state index contributed by atoms with van der Waals surface area (Å²) in [6.07, 6.45) is 3.54. The lowest BCUT2D eigenvalue weighted by Crippen LogP contribution is -2.03. The molecule has 3 heteroatoms. The number of hydrogen-bond donors (Lipinski definition) is 0. The number of aliphatic imine (C=N–C) groups is 2. The van der Waals surface area contributed by atoms with E-state index in [1.807, 2.05) is 24.4 Å². The van der Waals surface area contributed by atoms with Crippen LogP contribution in [0.15, 0.2) is 64.6 Å². The topological polar surface area (TPSA) is 34.0 Å². The van der Waals surface area contributed by atoms with Crippen LogP contribution in [0, 0.1) is 0 Å². The van der Waals surface area contributed by atoms with Crippen LogP contribution in [0.25, 0.3) is 0 Å². The van der Waals surface area contributed by atoms with Crippen molar-refractivity contribution in [3.8, 4) is 5.75 Å². The number of nitrogens with zero attached hydrogens (tertiary/aromatic N) is 2. The van der Waals surface area contributed by atoms with E-state index < -0.39 is 0 Å². The van der Waals surface area contributed by atoms with E-state index in [0.717, 1.165) is 24.4 Å². The van der Waals surface area contributed by atoms with Crippen molar-refractivity contribution in [1.82, 2.24) is 0 Å². The highest BCUT2D eigenvalue weighted by atomic mass is 16.5. The van der Waals surface area contributed by atoms with Gasteiger partial charge in [-0.2, -0.15) is 0 Å². The molecule has 0 radical (unpaired) electrons. The molecule has 0 spiro atoms. The lowest BCUT2D eigenvalue weighted by molar-refractivity contribution is 0.329. The molecule has 0 atom stereocenters. The van der Waals surface area contributed by atoms with Gasteiger partial charge in [0, 0.05) is 12.6 Å². The van der Waals surface area contributed by atoms with E-state index in [1.165, 1.54) is 11.1 Å². The molecule has 0 aliphatic carbocycles. The first-order chi connectivity index (χ1) is 10.4. The third-order valence-electron chi connectivity index (χ3n) is 3.36. The van der Waals surface area contributed by atoms with Gasteiger partial charge < -0.3 is 4.74 Å². The van der Waals surface area contributed by atoms with Crippen LogP contribution in [0.3, 0.4) is 0 Å². The van der Waals surface area contributed by atoms with Crippen molar-refractivity contribution in [1.29, 1.82) is 0 Å². The second-order valence-electron chi connectivity index (χ2n) is 4.97. The van der Waals surface area contributed by atoms with E-state index in [2.05, 4.69) is 46.4 Å². The fourth-order valence-electron chi connectivity index (χ4n) is 2.27. The standard InChI is InChI=1S/C18H18N2O/c1-2-4-15(5-3-1)14-16-6-8-17(9-7-16)21-13-10-18-19-11-12-20-18/h1-9,11H,10,12-14H2. The summed E-state index contributed by atoms with van der Waals surface area (Å²) in [7, 11) is 0. The maximum absolute atomic E-state index is 5.72. The summed E-state index contributed by atoms with van der Waals surface area (Å²) in [4.78, 5) is 8.42. The summed E-state index contributed by atoms with van der Waals surface area (Å²) in [6, 6.07) is 18.8. The zero-order valence-corrected chi connectivity index (χ0v) is 11.9. The van der Waals surface area contributed by atoms with Gasteiger partial charge in [-0.1, -0.05) is 42.5 Å². The number of rotatable bonds is 6. The molecule has 3 nitrogen and oxygen atoms in total. The predicted molar refractivity (Wildman–Crippen MR) is 86.6 cm³/mol. The molecule has 0 N–H and O–H groups in total. The van der Waals surface area contributed by atoms with Gasteiger partial charge in [0.05, 0.1) is 13.2 Å². The normalized spacial score (nSPS) is 13.2. The van der Waals surface area contributed by atoms with Gasteiger partial charge in [-0.05, 0) is 29.7 Å². The highest BCUT2D eigenvalue weighted by Crippen LogP contribution is 2.15. The van der Waals surface area contributed by atoms with Crippen molar-refractivity contribution in [2.75, 3.05) is 13.2 Å². The van der Waals surface area contributed by atoms with Crippen molar-refractivity contribution in [2.24, 2.45) is 9.98 Å². The van der Waals surface area contributed by atoms with Gasteiger partial charge in [-0.3, -0.25) is 4.99 Å². The van der Waals surface area contributed by atoms with Gasteiger partial charge in [0.1, 0.15) is 11.6 Å². The van der Waals surface area contributed by atoms with E-state index in [4.69, 9.17) is 4.74 Å². The van der Waals surface area contributed by atoms with Crippen molar-refractivity contribution in [2.45, 2.75) is 12.8 Å². The molecule has 0 saturated carbocycles. The zero-order chi connectivity index (χ0) is 14.3. The fourth-order valence-corrected chi connectivity index (χ4v) is 2.27. The average Bonchev–Trinajstić information content (AvgIpc) is 3.03. The molecule has 106 valence electrons. The molecule has 0 unspecified atom stereocenters. The van der Waals surface area contributed by atoms with E-state index in [0.29, 0.717) is 13.2 Å². The van der Waals surface area contributed by atoms with Crippen LogP contribution >= 0.6 is 0 Å². The minimum absolute atomic E-state index is 0.619. The molecule has 0 bridgehead atoms. The Labute approximate surface area is 125 Å². The largest absolute Gasteiger partial charge is 0.493 e. The summed E-state index contributed by atoms with van der Waals surface area (Å²) in [6.45, 7) is 1.33. The zero-order valence-electron chi connectivity index (χ0n) is 11.9. The third kappa shape index (κ3) is 4.02. The molecule has 0 amide bonds. The Balaban J connectivity index is 1.50. The molecule has 1 aliphatic heterocycles. The summed E-state index contributed by atoms with van der Waals surface area (Å²) in [5, 5.41) is 0. The number of amidine groups is 1. The van der Waals surface area contributed by atoms with E-state index in [9.17, 15) is 0 Å². The highest BCUT2D eigenvalue weighted by Gasteiger charge is 2.02. The second-order valence-corrected chi connectivity index (χ2v) is 4.97. The summed E-state index contributed by atoms with van der Waals surface area (Å²) in [5.74, 6) is 1.78. The van der Waals surface area contributed by atoms with Gasteiger partial charge in [0.15, 0.2) is 0 Å². The van der Waals surface area contributed by atoms with Crippen LogP contribution < -0.4 is 4.74 Å². The Bertz CT molecular complexity index is 630. The molecule has 21 heavy (non-hydrogen) atoms. The van der Waals surface area contributed by atoms with E-state index in [-0.39, 0.29) is 0 Å². The molecular weight excluding hydrogens is 260 g/mol. The summed E-state index contributed by atoms with van der Waals surface area (Å²) >= 11 is 0. The van der Waals surface area contributed by atoms with Crippen LogP contribution in [-0.4, -0.2) is 25.2 Å². The van der Waals surface area contributed by atoms with Crippen molar-refractivity contribution in [3.63, 3.8) is 0 Å². The van der Waals surface area contributed by atoms with E-state index >= 15 is 0 Å². The molecule has 0 fully saturated rings. The Morgan fingerprint density at radius 1 is 0.905 bits per heavy atom. The molecule has 1 heterocycles. The van der Waals surface area contributed by atoms with Gasteiger partial charge in [-0.25, -0.2) is 4.99 Å². The van der Waals surface area contributed by atoms with Crippen LogP contribution in [0.4, 0.5) is 0 Å². The average molecular weight is 278 g/mol. The molecular formula is C18H18N2O. The predicted octanol–water partition coefficient (Wildman–Crippen LogP) is 3.53. The first kappa shape index (κ1) is 13.6. The SMILES string of the molecule is C1=NC(CCOc2ccc(Cc3ccccc3)cc2)=NC1. The Kier molecular flexibility index (Phi) is 4.42. The first-order valence-corrected chi connectivity index (χ1v) is 7.22. The first-order valence-electron chi connectivity index (χ1n) is 7.22. The maximum Gasteiger partial charge on any atom is 0.126 e. The van der Waals surface area contributed by atoms with Crippen molar-refractivity contribution in [3.05, 3.63) is 65.7 Å². The molecule has 2 aromatic rings. The van der Waals surface area contributed by atoms with Crippen molar-refractivity contribution >= 4 is 12.1 Å². The minimum atomic E-state index is 0.619. The van der Waals surface area contributed by atoms with Gasteiger partial charge in [-0.15, -0.1) is 0 Å². The quantitative estimate of drug-likeness (QED) is 0.796. The van der Waals surface area contributed by atoms with Gasteiger partial charge >= 0.3 is 0 Å². The lowest BCUT2D eigenvalue weighted by atomic mass is 10.1. The molecule has 0 aromatic heterocycles. The van der Waals surface area contributed by atoms with E-state index in [1.54, 1.807) is 0 Å². The van der Waals surface area contributed by atoms with Crippen LogP contribution in [0.5, 0.6) is 5.75 Å². The number of hydrogen-bond acceptors (Lipinski definition) is 3. The van der Waals surface area contributed by atoms with Gasteiger partial charge in [0.25, 0.3) is 0 Å². The lowest BCUT2D eigenvalue weighted by Gasteiger charge is -2.07. The number of benzene rings is 2. The smallest absolute Gasteiger partial charge is 0.126 e. The molecule has 2 aromatic carbocycles. The Hall–Kier alpha value is -2.42. The summed E-state index contributed by atoms with van der Waals surface area (Å²) < 4.78 is 5.72. The summed E-state index contributed by atoms with van der Waals surface area (Å²) in [5.41, 5.74) is 2.61. The Morgan fingerprint density at radius 3 is 2.38 bits per heavy atom. The third-order valence-corrected chi connectivity index (χ3v) is 3.36. The maximum atomic E-state index is 5.72. The molecule has 0 saturated heterocycles. The Morgan fingerprint density at radius 2 is 1.67 bits per heavy atom. The fraction of sp³-hybridized carbons (Fsp3) is 0.222. The second kappa shape index (κ2) is 6.84. The highest BCUT2D eigenvalue weighted by molar-refractivity contribution is 5.94. The monoisotopic (exact) mass is 278 g/mol. The van der Waals surface area contributed by atoms with Crippen LogP contribution in [0.2, 0.25) is 0 Å². The van der Waals surface area contributed by atoms with Crippen molar-refractivity contribution < 1.29 is 4.74 Å². The minimum Gasteiger partial charge on any atom is -0.493 e. The van der Waals surface area contributed by atoms with Crippen LogP contribution in [0.1, 0.15) is 17.5 Å². The molecule has 1 aliphatic rings. The molecule has 3 rings (SSSR count). The number of ether oxygens (including phenoxy) is 1. The van der Waals surface area contributed by atoms with Gasteiger partial charge in [0.2, 0.25) is 0 Å².